The molecule has 2 aromatic rings. The van der Waals surface area contributed by atoms with Gasteiger partial charge in [-0.15, -0.1) is 0 Å². The van der Waals surface area contributed by atoms with Crippen molar-refractivity contribution >= 4 is 11.7 Å². The second-order valence-corrected chi connectivity index (χ2v) is 5.34. The van der Waals surface area contributed by atoms with Crippen LogP contribution in [0.15, 0.2) is 48.5 Å². The Balaban J connectivity index is 2.00. The third kappa shape index (κ3) is 4.62. The highest BCUT2D eigenvalue weighted by Crippen LogP contribution is 2.19. The molecule has 0 bridgehead atoms. The van der Waals surface area contributed by atoms with Crippen LogP contribution in [0, 0.1) is 6.92 Å². The van der Waals surface area contributed by atoms with Crippen molar-refractivity contribution in [2.75, 3.05) is 0 Å². The molecule has 6 heteroatoms. The third-order valence-corrected chi connectivity index (χ3v) is 3.47. The molecule has 24 heavy (non-hydrogen) atoms. The van der Waals surface area contributed by atoms with Gasteiger partial charge in [-0.05, 0) is 31.5 Å². The average Bonchev–Trinajstić information content (AvgIpc) is 2.55. The maximum atomic E-state index is 12.1. The Morgan fingerprint density at radius 2 is 1.58 bits per heavy atom. The number of hydrogen-bond acceptors (Lipinski definition) is 3. The fourth-order valence-corrected chi connectivity index (χ4v) is 2.12. The van der Waals surface area contributed by atoms with Crippen LogP contribution in [0.5, 0.6) is 5.75 Å². The lowest BCUT2D eigenvalue weighted by Crippen LogP contribution is -2.33. The van der Waals surface area contributed by atoms with Gasteiger partial charge in [-0.1, -0.05) is 42.0 Å². The maximum Gasteiger partial charge on any atom is 0.387 e. The van der Waals surface area contributed by atoms with Gasteiger partial charge in [-0.25, -0.2) is 0 Å². The zero-order chi connectivity index (χ0) is 17.7. The molecule has 2 aromatic carbocycles. The summed E-state index contributed by atoms with van der Waals surface area (Å²) in [5.41, 5.74) is 1.97. The van der Waals surface area contributed by atoms with Gasteiger partial charge in [0.05, 0.1) is 6.04 Å². The minimum atomic E-state index is -2.89. The molecule has 0 aliphatic rings. The quantitative estimate of drug-likeness (QED) is 0.648. The minimum Gasteiger partial charge on any atom is -0.435 e. The van der Waals surface area contributed by atoms with E-state index in [1.165, 1.54) is 12.1 Å². The van der Waals surface area contributed by atoms with Crippen LogP contribution in [0.4, 0.5) is 8.78 Å². The molecule has 1 N–H and O–H groups in total. The average molecular weight is 333 g/mol. The van der Waals surface area contributed by atoms with E-state index in [-0.39, 0.29) is 5.75 Å². The number of hydrogen-bond donors (Lipinski definition) is 1. The van der Waals surface area contributed by atoms with Crippen LogP contribution in [-0.2, 0) is 4.79 Å². The number of amides is 1. The first-order valence-corrected chi connectivity index (χ1v) is 7.33. The van der Waals surface area contributed by atoms with Crippen LogP contribution in [0.25, 0.3) is 0 Å². The van der Waals surface area contributed by atoms with Gasteiger partial charge in [0.15, 0.2) is 0 Å². The first kappa shape index (κ1) is 17.6. The fraction of sp³-hybridized carbons (Fsp3) is 0.222. The summed E-state index contributed by atoms with van der Waals surface area (Å²) in [6, 6.07) is 12.1. The second kappa shape index (κ2) is 7.68. The number of benzene rings is 2. The summed E-state index contributed by atoms with van der Waals surface area (Å²) in [6.07, 6.45) is 0. The molecule has 4 nitrogen and oxygen atoms in total. The predicted octanol–water partition coefficient (Wildman–Crippen LogP) is 3.66. The molecule has 0 aromatic heterocycles. The van der Waals surface area contributed by atoms with Crippen LogP contribution in [0.3, 0.4) is 0 Å². The number of carbonyl (C=O) groups excluding carboxylic acids is 2. The Labute approximate surface area is 138 Å². The molecule has 0 heterocycles. The van der Waals surface area contributed by atoms with Gasteiger partial charge in [0, 0.05) is 5.56 Å². The summed E-state index contributed by atoms with van der Waals surface area (Å²) in [7, 11) is 0. The molecular formula is C18H17F2NO3. The van der Waals surface area contributed by atoms with Crippen molar-refractivity contribution in [2.45, 2.75) is 26.5 Å². The van der Waals surface area contributed by atoms with E-state index >= 15 is 0 Å². The Kier molecular flexibility index (Phi) is 5.63. The lowest BCUT2D eigenvalue weighted by Gasteiger charge is -2.14. The predicted molar refractivity (Wildman–Crippen MR) is 85.1 cm³/mol. The summed E-state index contributed by atoms with van der Waals surface area (Å²) in [5.74, 6) is -1.32. The largest absolute Gasteiger partial charge is 0.435 e. The zero-order valence-electron chi connectivity index (χ0n) is 13.3. The van der Waals surface area contributed by atoms with Gasteiger partial charge in [0.1, 0.15) is 5.75 Å². The molecule has 0 fully saturated rings. The molecule has 1 amide bonds. The topological polar surface area (TPSA) is 55.4 Å². The summed E-state index contributed by atoms with van der Waals surface area (Å²) < 4.78 is 28.5. The fourth-order valence-electron chi connectivity index (χ4n) is 2.12. The number of ketones is 1. The standard InChI is InChI=1S/C18H17F2NO3/c1-11-3-5-14(6-4-11)16(22)17(23)21-12(2)13-7-9-15(10-8-13)24-18(19)20/h3-10,12,18H,1-2H3,(H,21,23). The number of aryl methyl sites for hydroxylation is 1. The number of ether oxygens (including phenoxy) is 1. The highest BCUT2D eigenvalue weighted by atomic mass is 19.3. The van der Waals surface area contributed by atoms with Gasteiger partial charge < -0.3 is 10.1 Å². The van der Waals surface area contributed by atoms with Crippen molar-refractivity contribution in [2.24, 2.45) is 0 Å². The van der Waals surface area contributed by atoms with Crippen LogP contribution >= 0.6 is 0 Å². The van der Waals surface area contributed by atoms with E-state index in [1.54, 1.807) is 43.3 Å². The van der Waals surface area contributed by atoms with Crippen LogP contribution < -0.4 is 10.1 Å². The Bertz CT molecular complexity index is 712. The molecular weight excluding hydrogens is 316 g/mol. The van der Waals surface area contributed by atoms with Crippen molar-refractivity contribution in [1.82, 2.24) is 5.32 Å². The van der Waals surface area contributed by atoms with E-state index in [1.807, 2.05) is 6.92 Å². The molecule has 0 saturated heterocycles. The first-order valence-electron chi connectivity index (χ1n) is 7.33. The second-order valence-electron chi connectivity index (χ2n) is 5.34. The SMILES string of the molecule is Cc1ccc(C(=O)C(=O)NC(C)c2ccc(OC(F)F)cc2)cc1. The number of nitrogens with one attached hydrogen (secondary N) is 1. The normalized spacial score (nSPS) is 11.9. The zero-order valence-corrected chi connectivity index (χ0v) is 13.3. The number of rotatable bonds is 6. The summed E-state index contributed by atoms with van der Waals surface area (Å²) in [6.45, 7) is 0.696. The Hall–Kier alpha value is -2.76. The number of halogens is 2. The van der Waals surface area contributed by atoms with E-state index in [2.05, 4.69) is 10.1 Å². The van der Waals surface area contributed by atoms with Crippen molar-refractivity contribution in [3.63, 3.8) is 0 Å². The number of carbonyl (C=O) groups is 2. The first-order chi connectivity index (χ1) is 11.4. The molecule has 0 radical (unpaired) electrons. The summed E-state index contributed by atoms with van der Waals surface area (Å²) in [4.78, 5) is 24.1. The summed E-state index contributed by atoms with van der Waals surface area (Å²) >= 11 is 0. The molecule has 1 atom stereocenters. The molecule has 2 rings (SSSR count). The Morgan fingerprint density at radius 1 is 1.00 bits per heavy atom. The van der Waals surface area contributed by atoms with Crippen LogP contribution in [-0.4, -0.2) is 18.3 Å². The summed E-state index contributed by atoms with van der Waals surface area (Å²) in [5, 5.41) is 2.59. The third-order valence-electron chi connectivity index (χ3n) is 3.47. The van der Waals surface area contributed by atoms with E-state index < -0.39 is 24.3 Å². The lowest BCUT2D eigenvalue weighted by molar-refractivity contribution is -0.117. The lowest BCUT2D eigenvalue weighted by atomic mass is 10.1. The van der Waals surface area contributed by atoms with E-state index in [0.29, 0.717) is 11.1 Å². The monoisotopic (exact) mass is 333 g/mol. The van der Waals surface area contributed by atoms with Gasteiger partial charge in [-0.3, -0.25) is 9.59 Å². The van der Waals surface area contributed by atoms with Crippen LogP contribution in [0.2, 0.25) is 0 Å². The molecule has 1 unspecified atom stereocenters. The molecule has 126 valence electrons. The van der Waals surface area contributed by atoms with Crippen molar-refractivity contribution in [3.05, 3.63) is 65.2 Å². The maximum absolute atomic E-state index is 12.1. The number of Topliss-reactive ketones (excluding diaryl/α,β-unsaturated/α-hetero) is 1. The molecule has 0 aliphatic carbocycles. The van der Waals surface area contributed by atoms with E-state index in [9.17, 15) is 18.4 Å². The molecule has 0 aliphatic heterocycles. The molecule has 0 spiro atoms. The van der Waals surface area contributed by atoms with Gasteiger partial charge in [-0.2, -0.15) is 8.78 Å². The highest BCUT2D eigenvalue weighted by Gasteiger charge is 2.18. The van der Waals surface area contributed by atoms with Crippen molar-refractivity contribution in [1.29, 1.82) is 0 Å². The van der Waals surface area contributed by atoms with E-state index in [4.69, 9.17) is 0 Å². The van der Waals surface area contributed by atoms with Gasteiger partial charge in [0.25, 0.3) is 5.91 Å². The highest BCUT2D eigenvalue weighted by molar-refractivity contribution is 6.42. The smallest absolute Gasteiger partial charge is 0.387 e. The van der Waals surface area contributed by atoms with Crippen molar-refractivity contribution < 1.29 is 23.1 Å². The van der Waals surface area contributed by atoms with Crippen molar-refractivity contribution in [3.8, 4) is 5.75 Å². The Morgan fingerprint density at radius 3 is 2.12 bits per heavy atom. The minimum absolute atomic E-state index is 0.0306. The van der Waals surface area contributed by atoms with Gasteiger partial charge in [0.2, 0.25) is 5.78 Å². The van der Waals surface area contributed by atoms with Gasteiger partial charge >= 0.3 is 6.61 Å². The van der Waals surface area contributed by atoms with Crippen LogP contribution in [0.1, 0.15) is 34.5 Å². The molecule has 0 saturated carbocycles. The van der Waals surface area contributed by atoms with E-state index in [0.717, 1.165) is 5.56 Å². The number of alkyl halides is 2.